The van der Waals surface area contributed by atoms with Crippen molar-refractivity contribution in [1.82, 2.24) is 19.7 Å². The Balaban J connectivity index is 1.19. The van der Waals surface area contributed by atoms with Crippen LogP contribution in [0.1, 0.15) is 73.2 Å². The molecule has 3 aliphatic rings. The number of fused-ring (bicyclic) bond motifs is 3. The summed E-state index contributed by atoms with van der Waals surface area (Å²) in [6.45, 7) is 19.9. The lowest BCUT2D eigenvalue weighted by Gasteiger charge is -2.40. The van der Waals surface area contributed by atoms with Crippen molar-refractivity contribution in [2.75, 3.05) is 31.1 Å². The Hall–Kier alpha value is -3.46. The van der Waals surface area contributed by atoms with Gasteiger partial charge in [-0.05, 0) is 83.9 Å². The Morgan fingerprint density at radius 3 is 2.38 bits per heavy atom. The highest BCUT2D eigenvalue weighted by Gasteiger charge is 2.43. The van der Waals surface area contributed by atoms with Gasteiger partial charge in [0.2, 0.25) is 0 Å². The van der Waals surface area contributed by atoms with Gasteiger partial charge in [-0.1, -0.05) is 18.7 Å². The largest absolute Gasteiger partial charge is 0.444 e. The lowest BCUT2D eigenvalue weighted by Crippen LogP contribution is -2.43. The fourth-order valence-electron chi connectivity index (χ4n) is 6.18. The molecular weight excluding hydrogens is 520 g/mol. The number of rotatable bonds is 2. The van der Waals surface area contributed by atoms with Crippen LogP contribution in [0, 0.1) is 26.2 Å². The van der Waals surface area contributed by atoms with Crippen LogP contribution in [0.25, 0.3) is 10.7 Å². The molecule has 3 aliphatic heterocycles. The van der Waals surface area contributed by atoms with E-state index >= 15 is 0 Å². The summed E-state index contributed by atoms with van der Waals surface area (Å²) in [7, 11) is 0. The summed E-state index contributed by atoms with van der Waals surface area (Å²) in [4.78, 5) is 23.2. The van der Waals surface area contributed by atoms with Crippen molar-refractivity contribution in [1.29, 1.82) is 0 Å². The molecule has 1 aromatic carbocycles. The zero-order valence-electron chi connectivity index (χ0n) is 24.4. The second-order valence-electron chi connectivity index (χ2n) is 12.5. The summed E-state index contributed by atoms with van der Waals surface area (Å²) in [5.41, 5.74) is 5.95. The average molecular weight is 559 g/mol. The summed E-state index contributed by atoms with van der Waals surface area (Å²) in [6, 6.07) is 8.79. The number of anilines is 1. The van der Waals surface area contributed by atoms with Gasteiger partial charge in [0.15, 0.2) is 5.82 Å². The topological polar surface area (TPSA) is 75.8 Å². The van der Waals surface area contributed by atoms with Crippen LogP contribution in [-0.4, -0.2) is 63.2 Å². The Kier molecular flexibility index (Phi) is 6.40. The number of aromatic nitrogens is 3. The average Bonchev–Trinajstić information content (AvgIpc) is 3.56. The Morgan fingerprint density at radius 1 is 1.02 bits per heavy atom. The first-order chi connectivity index (χ1) is 18.9. The van der Waals surface area contributed by atoms with E-state index < -0.39 is 5.60 Å². The maximum absolute atomic E-state index is 12.6. The molecule has 6 rings (SSSR count). The normalized spacial score (nSPS) is 18.4. The Bertz CT molecular complexity index is 1520. The smallest absolute Gasteiger partial charge is 0.410 e. The maximum Gasteiger partial charge on any atom is 0.410 e. The number of carbonyl (C=O) groups is 1. The molecule has 0 saturated carbocycles. The van der Waals surface area contributed by atoms with E-state index in [0.29, 0.717) is 11.5 Å². The lowest BCUT2D eigenvalue weighted by atomic mass is 9.77. The maximum atomic E-state index is 12.6. The molecule has 1 amide bonds. The van der Waals surface area contributed by atoms with Crippen LogP contribution < -0.4 is 4.90 Å². The second kappa shape index (κ2) is 9.58. The quantitative estimate of drug-likeness (QED) is 0.369. The van der Waals surface area contributed by atoms with Crippen molar-refractivity contribution in [3.63, 3.8) is 0 Å². The van der Waals surface area contributed by atoms with Crippen molar-refractivity contribution in [2.24, 2.45) is 10.4 Å². The predicted molar refractivity (Wildman–Crippen MR) is 161 cm³/mol. The second-order valence-corrected chi connectivity index (χ2v) is 13.7. The molecule has 2 aromatic heterocycles. The number of aliphatic imine (C=N–C) groups is 1. The molecular formula is C31H38N6O2S. The number of thiophene rings is 1. The SMILES string of the molecule is C=C1N=C(c2ccc(N3CCC4(CCN(C(=O)OC(C)(C)C)C4)CC3)cc2)c2c(sc(C)c2C)-n2c(C)nnc21. The van der Waals surface area contributed by atoms with Gasteiger partial charge in [-0.15, -0.1) is 21.5 Å². The van der Waals surface area contributed by atoms with Crippen LogP contribution in [-0.2, 0) is 4.74 Å². The lowest BCUT2D eigenvalue weighted by molar-refractivity contribution is 0.0266. The highest BCUT2D eigenvalue weighted by molar-refractivity contribution is 7.15. The van der Waals surface area contributed by atoms with E-state index in [1.54, 1.807) is 11.3 Å². The molecule has 2 saturated heterocycles. The van der Waals surface area contributed by atoms with Crippen molar-refractivity contribution >= 4 is 34.5 Å². The van der Waals surface area contributed by atoms with E-state index in [2.05, 4.69) is 64.4 Å². The van der Waals surface area contributed by atoms with Crippen LogP contribution in [0.4, 0.5) is 10.5 Å². The number of carbonyl (C=O) groups excluding carboxylic acids is 1. The minimum Gasteiger partial charge on any atom is -0.444 e. The number of piperidine rings is 1. The van der Waals surface area contributed by atoms with Crippen molar-refractivity contribution in [2.45, 2.75) is 66.4 Å². The van der Waals surface area contributed by atoms with Gasteiger partial charge in [-0.3, -0.25) is 4.57 Å². The molecule has 0 aliphatic carbocycles. The summed E-state index contributed by atoms with van der Waals surface area (Å²) >= 11 is 1.75. The highest BCUT2D eigenvalue weighted by Crippen LogP contribution is 2.42. The predicted octanol–water partition coefficient (Wildman–Crippen LogP) is 6.30. The highest BCUT2D eigenvalue weighted by atomic mass is 32.1. The number of benzene rings is 1. The van der Waals surface area contributed by atoms with E-state index in [9.17, 15) is 4.79 Å². The molecule has 9 heteroatoms. The van der Waals surface area contributed by atoms with Gasteiger partial charge < -0.3 is 14.5 Å². The minimum absolute atomic E-state index is 0.180. The number of ether oxygens (including phenoxy) is 1. The molecule has 0 radical (unpaired) electrons. The number of amides is 1. The van der Waals surface area contributed by atoms with Crippen LogP contribution in [0.5, 0.6) is 0 Å². The monoisotopic (exact) mass is 558 g/mol. The summed E-state index contributed by atoms with van der Waals surface area (Å²) in [5.74, 6) is 1.54. The number of aryl methyl sites for hydroxylation is 2. The third-order valence-electron chi connectivity index (χ3n) is 8.56. The third-order valence-corrected chi connectivity index (χ3v) is 9.75. The minimum atomic E-state index is -0.460. The van der Waals surface area contributed by atoms with Gasteiger partial charge in [0.05, 0.1) is 5.71 Å². The van der Waals surface area contributed by atoms with Gasteiger partial charge >= 0.3 is 6.09 Å². The van der Waals surface area contributed by atoms with E-state index in [1.807, 2.05) is 32.6 Å². The molecule has 210 valence electrons. The van der Waals surface area contributed by atoms with Crippen molar-refractivity contribution < 1.29 is 9.53 Å². The summed E-state index contributed by atoms with van der Waals surface area (Å²) in [5, 5.41) is 9.78. The van der Waals surface area contributed by atoms with E-state index in [-0.39, 0.29) is 11.5 Å². The molecule has 2 fully saturated rings. The Morgan fingerprint density at radius 2 is 1.70 bits per heavy atom. The van der Waals surface area contributed by atoms with Crippen LogP contribution >= 0.6 is 11.3 Å². The molecule has 3 aromatic rings. The number of hydrogen-bond donors (Lipinski definition) is 0. The zero-order valence-corrected chi connectivity index (χ0v) is 25.2. The molecule has 8 nitrogen and oxygen atoms in total. The first-order valence-electron chi connectivity index (χ1n) is 14.1. The number of hydrogen-bond acceptors (Lipinski definition) is 7. The van der Waals surface area contributed by atoms with Gasteiger partial charge in [0, 0.05) is 47.9 Å². The molecule has 40 heavy (non-hydrogen) atoms. The number of nitrogens with zero attached hydrogens (tertiary/aromatic N) is 6. The van der Waals surface area contributed by atoms with Gasteiger partial charge in [0.1, 0.15) is 22.1 Å². The van der Waals surface area contributed by atoms with E-state index in [4.69, 9.17) is 9.73 Å². The third kappa shape index (κ3) is 4.64. The zero-order chi connectivity index (χ0) is 28.4. The fraction of sp³-hybridized carbons (Fsp3) is 0.484. The van der Waals surface area contributed by atoms with Gasteiger partial charge in [-0.25, -0.2) is 9.79 Å². The first kappa shape index (κ1) is 26.7. The van der Waals surface area contributed by atoms with Crippen molar-refractivity contribution in [3.05, 3.63) is 64.1 Å². The van der Waals surface area contributed by atoms with Gasteiger partial charge in [-0.2, -0.15) is 0 Å². The number of likely N-dealkylation sites (tertiary alicyclic amines) is 1. The van der Waals surface area contributed by atoms with Crippen LogP contribution in [0.2, 0.25) is 0 Å². The van der Waals surface area contributed by atoms with E-state index in [1.165, 1.54) is 16.1 Å². The summed E-state index contributed by atoms with van der Waals surface area (Å²) < 4.78 is 7.71. The summed E-state index contributed by atoms with van der Waals surface area (Å²) in [6.07, 6.45) is 3.03. The molecule has 5 heterocycles. The molecule has 0 atom stereocenters. The fourth-order valence-corrected chi connectivity index (χ4v) is 7.39. The first-order valence-corrected chi connectivity index (χ1v) is 14.9. The van der Waals surface area contributed by atoms with Crippen molar-refractivity contribution in [3.8, 4) is 5.00 Å². The molecule has 1 spiro atoms. The van der Waals surface area contributed by atoms with Crippen LogP contribution in [0.15, 0.2) is 35.8 Å². The van der Waals surface area contributed by atoms with Gasteiger partial charge in [0.25, 0.3) is 0 Å². The molecule has 0 bridgehead atoms. The Labute approximate surface area is 240 Å². The van der Waals surface area contributed by atoms with Crippen LogP contribution in [0.3, 0.4) is 0 Å². The van der Waals surface area contributed by atoms with E-state index in [0.717, 1.165) is 73.1 Å². The molecule has 0 unspecified atom stereocenters. The molecule has 0 N–H and O–H groups in total. The standard InChI is InChI=1S/C31H38N6O2S/c1-19-21(3)40-28-25(19)26(32-20(2)27-34-33-22(4)37(27)28)23-8-10-24(11-9-23)35-15-12-31(13-16-35)14-17-36(18-31)29(38)39-30(5,6)7/h8-11H,2,12-18H2,1,3-7H3.